The van der Waals surface area contributed by atoms with Gasteiger partial charge in [0, 0.05) is 12.1 Å². The number of sulfonamides is 1. The van der Waals surface area contributed by atoms with Gasteiger partial charge in [-0.25, -0.2) is 12.8 Å². The van der Waals surface area contributed by atoms with E-state index in [0.29, 0.717) is 12.1 Å². The Hall–Kier alpha value is -3.17. The lowest BCUT2D eigenvalue weighted by atomic mass is 10.1. The zero-order valence-electron chi connectivity index (χ0n) is 18.0. The van der Waals surface area contributed by atoms with Crippen LogP contribution in [0.1, 0.15) is 41.4 Å². The molecule has 2 heterocycles. The summed E-state index contributed by atoms with van der Waals surface area (Å²) in [6, 6.07) is 14.7. The molecule has 3 aromatic rings. The highest BCUT2D eigenvalue weighted by Crippen LogP contribution is 2.25. The number of nitrogens with one attached hydrogen (secondary N) is 2. The summed E-state index contributed by atoms with van der Waals surface area (Å²) in [6.07, 6.45) is 5.06. The number of carbonyl (C=O) groups excluding carboxylic acids is 1. The molecule has 33 heavy (non-hydrogen) atoms. The van der Waals surface area contributed by atoms with Crippen molar-refractivity contribution < 1.29 is 22.0 Å². The largest absolute Gasteiger partial charge is 0.468 e. The van der Waals surface area contributed by atoms with E-state index in [0.717, 1.165) is 31.7 Å². The number of piperidine rings is 1. The summed E-state index contributed by atoms with van der Waals surface area (Å²) in [6.45, 7) is 2.27. The highest BCUT2D eigenvalue weighted by Gasteiger charge is 2.25. The third kappa shape index (κ3) is 5.61. The quantitative estimate of drug-likeness (QED) is 0.514. The van der Waals surface area contributed by atoms with Gasteiger partial charge in [-0.3, -0.25) is 14.4 Å². The maximum absolute atomic E-state index is 13.8. The van der Waals surface area contributed by atoms with Crippen LogP contribution in [0, 0.1) is 5.82 Å². The Morgan fingerprint density at radius 3 is 2.39 bits per heavy atom. The number of hydrogen-bond acceptors (Lipinski definition) is 5. The predicted octanol–water partition coefficient (Wildman–Crippen LogP) is 4.18. The number of hydrogen-bond donors (Lipinski definition) is 2. The number of amides is 1. The van der Waals surface area contributed by atoms with E-state index in [1.807, 2.05) is 12.1 Å². The number of likely N-dealkylation sites (tertiary alicyclic amines) is 1. The van der Waals surface area contributed by atoms with Crippen LogP contribution in [0.4, 0.5) is 10.1 Å². The Morgan fingerprint density at radius 2 is 1.73 bits per heavy atom. The van der Waals surface area contributed by atoms with Crippen LogP contribution in [0.15, 0.2) is 76.2 Å². The van der Waals surface area contributed by atoms with Gasteiger partial charge in [0.1, 0.15) is 11.6 Å². The number of benzene rings is 2. The van der Waals surface area contributed by atoms with Gasteiger partial charge in [-0.15, -0.1) is 0 Å². The van der Waals surface area contributed by atoms with Gasteiger partial charge in [0.25, 0.3) is 15.9 Å². The monoisotopic (exact) mass is 471 g/mol. The molecule has 9 heteroatoms. The lowest BCUT2D eigenvalue weighted by molar-refractivity contribution is 0.0914. The van der Waals surface area contributed by atoms with E-state index in [1.165, 1.54) is 55.0 Å². The standard InChI is InChI=1S/C24H26FN3O4S/c25-20-7-2-3-8-21(20)27-33(30,31)19-12-10-18(11-13-19)24(29)26-17-22(23-9-6-16-32-23)28-14-4-1-5-15-28/h2-3,6-13,16,22,27H,1,4-5,14-15,17H2,(H,26,29)/t22-/m0/s1. The van der Waals surface area contributed by atoms with Crippen LogP contribution in [-0.4, -0.2) is 38.9 Å². The van der Waals surface area contributed by atoms with Crippen LogP contribution in [0.2, 0.25) is 0 Å². The van der Waals surface area contributed by atoms with E-state index in [2.05, 4.69) is 14.9 Å². The van der Waals surface area contributed by atoms with Gasteiger partial charge in [0.05, 0.1) is 22.9 Å². The summed E-state index contributed by atoms with van der Waals surface area (Å²) < 4.78 is 46.8. The van der Waals surface area contributed by atoms with Crippen LogP contribution < -0.4 is 10.0 Å². The second kappa shape index (κ2) is 10.2. The van der Waals surface area contributed by atoms with Gasteiger partial charge in [0.2, 0.25) is 0 Å². The highest BCUT2D eigenvalue weighted by molar-refractivity contribution is 7.92. The van der Waals surface area contributed by atoms with E-state index < -0.39 is 15.8 Å². The third-order valence-corrected chi connectivity index (χ3v) is 7.09. The first-order valence-corrected chi connectivity index (χ1v) is 12.4. The molecule has 0 aliphatic carbocycles. The molecule has 1 aromatic heterocycles. The molecule has 1 fully saturated rings. The molecule has 0 spiro atoms. The number of carbonyl (C=O) groups is 1. The first-order valence-electron chi connectivity index (χ1n) is 10.9. The second-order valence-electron chi connectivity index (χ2n) is 7.95. The van der Waals surface area contributed by atoms with Gasteiger partial charge >= 0.3 is 0 Å². The van der Waals surface area contributed by atoms with Gasteiger partial charge in [0.15, 0.2) is 0 Å². The van der Waals surface area contributed by atoms with E-state index in [4.69, 9.17) is 4.42 Å². The van der Waals surface area contributed by atoms with Crippen LogP contribution in [0.3, 0.4) is 0 Å². The Kier molecular flexibility index (Phi) is 7.10. The molecule has 1 saturated heterocycles. The Labute approximate surface area is 192 Å². The third-order valence-electron chi connectivity index (χ3n) is 5.70. The van der Waals surface area contributed by atoms with Crippen molar-refractivity contribution in [2.75, 3.05) is 24.4 Å². The molecule has 7 nitrogen and oxygen atoms in total. The average Bonchev–Trinajstić information content (AvgIpc) is 3.36. The molecule has 174 valence electrons. The minimum absolute atomic E-state index is 0.0612. The normalized spacial score (nSPS) is 15.7. The fourth-order valence-corrected chi connectivity index (χ4v) is 5.01. The lowest BCUT2D eigenvalue weighted by Gasteiger charge is -2.33. The second-order valence-corrected chi connectivity index (χ2v) is 9.63. The molecule has 1 aliphatic rings. The minimum atomic E-state index is -3.99. The fraction of sp³-hybridized carbons (Fsp3) is 0.292. The Morgan fingerprint density at radius 1 is 1.00 bits per heavy atom. The zero-order chi connectivity index (χ0) is 23.3. The molecule has 2 N–H and O–H groups in total. The molecule has 4 rings (SSSR count). The fourth-order valence-electron chi connectivity index (χ4n) is 3.95. The number of furan rings is 1. The molecule has 0 unspecified atom stereocenters. The molecule has 0 saturated carbocycles. The summed E-state index contributed by atoms with van der Waals surface area (Å²) in [5, 5.41) is 2.93. The van der Waals surface area contributed by atoms with Crippen molar-refractivity contribution in [3.8, 4) is 0 Å². The molecular weight excluding hydrogens is 445 g/mol. The predicted molar refractivity (Wildman–Crippen MR) is 123 cm³/mol. The van der Waals surface area contributed by atoms with Crippen molar-refractivity contribution in [3.05, 3.63) is 84.1 Å². The number of halogens is 1. The summed E-state index contributed by atoms with van der Waals surface area (Å²) in [7, 11) is -3.99. The Balaban J connectivity index is 1.42. The van der Waals surface area contributed by atoms with Crippen molar-refractivity contribution >= 4 is 21.6 Å². The lowest BCUT2D eigenvalue weighted by Crippen LogP contribution is -2.40. The minimum Gasteiger partial charge on any atom is -0.468 e. The maximum Gasteiger partial charge on any atom is 0.261 e. The topological polar surface area (TPSA) is 91.7 Å². The van der Waals surface area contributed by atoms with Crippen molar-refractivity contribution in [1.29, 1.82) is 0 Å². The van der Waals surface area contributed by atoms with Crippen LogP contribution in [0.25, 0.3) is 0 Å². The SMILES string of the molecule is O=C(NC[C@@H](c1ccco1)N1CCCCC1)c1ccc(S(=O)(=O)Nc2ccccc2F)cc1. The summed E-state index contributed by atoms with van der Waals surface area (Å²) in [5.41, 5.74) is 0.192. The van der Waals surface area contributed by atoms with Gasteiger partial charge < -0.3 is 9.73 Å². The molecule has 1 amide bonds. The average molecular weight is 472 g/mol. The molecular formula is C24H26FN3O4S. The van der Waals surface area contributed by atoms with E-state index in [1.54, 1.807) is 6.26 Å². The number of rotatable bonds is 8. The summed E-state index contributed by atoms with van der Waals surface area (Å²) >= 11 is 0. The smallest absolute Gasteiger partial charge is 0.261 e. The highest BCUT2D eigenvalue weighted by atomic mass is 32.2. The van der Waals surface area contributed by atoms with E-state index >= 15 is 0 Å². The maximum atomic E-state index is 13.8. The number of anilines is 1. The first-order chi connectivity index (χ1) is 15.9. The summed E-state index contributed by atoms with van der Waals surface area (Å²) in [4.78, 5) is 15.0. The van der Waals surface area contributed by atoms with Crippen LogP contribution in [0.5, 0.6) is 0 Å². The molecule has 0 bridgehead atoms. The molecule has 1 atom stereocenters. The van der Waals surface area contributed by atoms with Crippen LogP contribution in [-0.2, 0) is 10.0 Å². The molecule has 1 aliphatic heterocycles. The van der Waals surface area contributed by atoms with Gasteiger partial charge in [-0.2, -0.15) is 0 Å². The zero-order valence-corrected chi connectivity index (χ0v) is 18.9. The molecule has 0 radical (unpaired) electrons. The van der Waals surface area contributed by atoms with Gasteiger partial charge in [-0.1, -0.05) is 18.6 Å². The Bertz CT molecular complexity index is 1170. The molecule has 2 aromatic carbocycles. The van der Waals surface area contributed by atoms with E-state index in [9.17, 15) is 17.6 Å². The van der Waals surface area contributed by atoms with Gasteiger partial charge in [-0.05, 0) is 74.5 Å². The van der Waals surface area contributed by atoms with E-state index in [-0.39, 0.29) is 22.5 Å². The van der Waals surface area contributed by atoms with Crippen molar-refractivity contribution in [1.82, 2.24) is 10.2 Å². The van der Waals surface area contributed by atoms with Crippen molar-refractivity contribution in [2.24, 2.45) is 0 Å². The van der Waals surface area contributed by atoms with Crippen molar-refractivity contribution in [2.45, 2.75) is 30.2 Å². The number of nitrogens with zero attached hydrogens (tertiary/aromatic N) is 1. The summed E-state index contributed by atoms with van der Waals surface area (Å²) in [5.74, 6) is -0.177. The first kappa shape index (κ1) is 23.0. The number of para-hydroxylation sites is 1. The van der Waals surface area contributed by atoms with Crippen LogP contribution >= 0.6 is 0 Å². The van der Waals surface area contributed by atoms with Crippen molar-refractivity contribution in [3.63, 3.8) is 0 Å².